The number of carbonyl (C=O) groups is 1. The highest BCUT2D eigenvalue weighted by molar-refractivity contribution is 7.98. The Morgan fingerprint density at radius 3 is 2.59 bits per heavy atom. The average Bonchev–Trinajstić information content (AvgIpc) is 3.11. The van der Waals surface area contributed by atoms with Crippen molar-refractivity contribution in [3.05, 3.63) is 53.6 Å². The number of nitrogens with zero attached hydrogens (tertiary/aromatic N) is 3. The van der Waals surface area contributed by atoms with Gasteiger partial charge in [0.15, 0.2) is 5.13 Å². The number of piperazine rings is 1. The summed E-state index contributed by atoms with van der Waals surface area (Å²) in [5.74, 6) is -1.91. The second-order valence-electron chi connectivity index (χ2n) is 6.23. The molecule has 1 aliphatic rings. The lowest BCUT2D eigenvalue weighted by molar-refractivity contribution is 0.0742. The first-order chi connectivity index (χ1) is 13.0. The summed E-state index contributed by atoms with van der Waals surface area (Å²) in [5.41, 5.74) is 0.883. The normalized spacial score (nSPS) is 14.8. The lowest BCUT2D eigenvalue weighted by atomic mass is 10.1. The van der Waals surface area contributed by atoms with E-state index in [4.69, 9.17) is 4.98 Å². The SMILES string of the molecule is CSc1ccc2nc(N3CCN(C(=O)c4ccc(F)cc4F)CC3)sc2c1. The van der Waals surface area contributed by atoms with Crippen LogP contribution in [-0.2, 0) is 0 Å². The Morgan fingerprint density at radius 1 is 1.11 bits per heavy atom. The average molecular weight is 405 g/mol. The van der Waals surface area contributed by atoms with E-state index in [1.54, 1.807) is 28.0 Å². The second kappa shape index (κ2) is 7.44. The third-order valence-electron chi connectivity index (χ3n) is 4.58. The first-order valence-electron chi connectivity index (χ1n) is 8.49. The van der Waals surface area contributed by atoms with Crippen LogP contribution in [-0.4, -0.2) is 48.2 Å². The molecule has 0 aliphatic carbocycles. The lowest BCUT2D eigenvalue weighted by Crippen LogP contribution is -2.49. The van der Waals surface area contributed by atoms with E-state index in [2.05, 4.69) is 17.0 Å². The van der Waals surface area contributed by atoms with Crippen molar-refractivity contribution in [2.75, 3.05) is 37.3 Å². The van der Waals surface area contributed by atoms with Crippen molar-refractivity contribution in [1.82, 2.24) is 9.88 Å². The molecule has 0 N–H and O–H groups in total. The summed E-state index contributed by atoms with van der Waals surface area (Å²) in [5, 5.41) is 0.934. The molecule has 0 spiro atoms. The minimum atomic E-state index is -0.821. The zero-order chi connectivity index (χ0) is 19.0. The van der Waals surface area contributed by atoms with Crippen molar-refractivity contribution in [2.45, 2.75) is 4.90 Å². The summed E-state index contributed by atoms with van der Waals surface area (Å²) in [6.07, 6.45) is 2.04. The van der Waals surface area contributed by atoms with Gasteiger partial charge in [0.1, 0.15) is 11.6 Å². The number of benzene rings is 2. The summed E-state index contributed by atoms with van der Waals surface area (Å²) >= 11 is 3.34. The van der Waals surface area contributed by atoms with Gasteiger partial charge >= 0.3 is 0 Å². The molecule has 2 aromatic carbocycles. The van der Waals surface area contributed by atoms with E-state index in [0.29, 0.717) is 26.2 Å². The van der Waals surface area contributed by atoms with E-state index in [-0.39, 0.29) is 5.56 Å². The quantitative estimate of drug-likeness (QED) is 0.610. The van der Waals surface area contributed by atoms with Crippen LogP contribution in [0.25, 0.3) is 10.2 Å². The summed E-state index contributed by atoms with van der Waals surface area (Å²) in [4.78, 5) is 22.2. The number of halogens is 2. The van der Waals surface area contributed by atoms with Gasteiger partial charge in [-0.2, -0.15) is 0 Å². The Kier molecular flexibility index (Phi) is 5.01. The molecule has 27 heavy (non-hydrogen) atoms. The molecule has 0 atom stereocenters. The Morgan fingerprint density at radius 2 is 1.89 bits per heavy atom. The molecule has 0 saturated carbocycles. The van der Waals surface area contributed by atoms with Crippen molar-refractivity contribution in [2.24, 2.45) is 0 Å². The molecule has 1 aliphatic heterocycles. The van der Waals surface area contributed by atoms with Crippen LogP contribution in [0.4, 0.5) is 13.9 Å². The minimum Gasteiger partial charge on any atom is -0.345 e. The van der Waals surface area contributed by atoms with E-state index in [0.717, 1.165) is 27.5 Å². The van der Waals surface area contributed by atoms with Crippen LogP contribution >= 0.6 is 23.1 Å². The van der Waals surface area contributed by atoms with Gasteiger partial charge in [-0.15, -0.1) is 11.8 Å². The van der Waals surface area contributed by atoms with Gasteiger partial charge in [0.05, 0.1) is 15.8 Å². The van der Waals surface area contributed by atoms with Crippen molar-refractivity contribution >= 4 is 44.4 Å². The van der Waals surface area contributed by atoms with Crippen LogP contribution in [0.2, 0.25) is 0 Å². The largest absolute Gasteiger partial charge is 0.345 e. The summed E-state index contributed by atoms with van der Waals surface area (Å²) < 4.78 is 28.1. The number of anilines is 1. The smallest absolute Gasteiger partial charge is 0.256 e. The molecule has 1 saturated heterocycles. The summed E-state index contributed by atoms with van der Waals surface area (Å²) in [6.45, 7) is 2.21. The highest BCUT2D eigenvalue weighted by atomic mass is 32.2. The van der Waals surface area contributed by atoms with Crippen molar-refractivity contribution in [3.8, 4) is 0 Å². The van der Waals surface area contributed by atoms with Crippen molar-refractivity contribution < 1.29 is 13.6 Å². The fourth-order valence-corrected chi connectivity index (χ4v) is 4.66. The maximum absolute atomic E-state index is 13.9. The van der Waals surface area contributed by atoms with E-state index < -0.39 is 17.5 Å². The molecular weight excluding hydrogens is 388 g/mol. The van der Waals surface area contributed by atoms with Crippen LogP contribution in [0.1, 0.15) is 10.4 Å². The molecule has 0 bridgehead atoms. The van der Waals surface area contributed by atoms with E-state index in [9.17, 15) is 13.6 Å². The molecule has 4 rings (SSSR count). The van der Waals surface area contributed by atoms with Crippen LogP contribution in [0, 0.1) is 11.6 Å². The fraction of sp³-hybridized carbons (Fsp3) is 0.263. The maximum atomic E-state index is 13.9. The first kappa shape index (κ1) is 18.2. The number of aromatic nitrogens is 1. The molecule has 1 amide bonds. The molecule has 1 fully saturated rings. The number of amides is 1. The van der Waals surface area contributed by atoms with Gasteiger partial charge in [-0.25, -0.2) is 13.8 Å². The molecule has 0 radical (unpaired) electrons. The van der Waals surface area contributed by atoms with Gasteiger partial charge in [-0.1, -0.05) is 11.3 Å². The number of fused-ring (bicyclic) bond motifs is 1. The Bertz CT molecular complexity index is 1000. The van der Waals surface area contributed by atoms with Gasteiger partial charge in [0, 0.05) is 37.1 Å². The molecule has 4 nitrogen and oxygen atoms in total. The van der Waals surface area contributed by atoms with E-state index >= 15 is 0 Å². The molecule has 1 aromatic heterocycles. The molecule has 8 heteroatoms. The van der Waals surface area contributed by atoms with Crippen molar-refractivity contribution in [3.63, 3.8) is 0 Å². The number of thioether (sulfide) groups is 1. The number of hydrogen-bond donors (Lipinski definition) is 0. The second-order valence-corrected chi connectivity index (χ2v) is 8.12. The van der Waals surface area contributed by atoms with Crippen LogP contribution < -0.4 is 4.90 Å². The number of carbonyl (C=O) groups excluding carboxylic acids is 1. The van der Waals surface area contributed by atoms with Gasteiger partial charge in [0.2, 0.25) is 0 Å². The predicted molar refractivity (Wildman–Crippen MR) is 106 cm³/mol. The highest BCUT2D eigenvalue weighted by Crippen LogP contribution is 2.32. The van der Waals surface area contributed by atoms with Gasteiger partial charge < -0.3 is 9.80 Å². The Balaban J connectivity index is 1.46. The van der Waals surface area contributed by atoms with E-state index in [1.165, 1.54) is 11.0 Å². The predicted octanol–water partition coefficient (Wildman–Crippen LogP) is 4.26. The van der Waals surface area contributed by atoms with Crippen LogP contribution in [0.3, 0.4) is 0 Å². The van der Waals surface area contributed by atoms with Crippen molar-refractivity contribution in [1.29, 1.82) is 0 Å². The zero-order valence-corrected chi connectivity index (χ0v) is 16.2. The maximum Gasteiger partial charge on any atom is 0.256 e. The number of hydrogen-bond acceptors (Lipinski definition) is 5. The molecule has 0 unspecified atom stereocenters. The Labute approximate surface area is 163 Å². The molecule has 3 aromatic rings. The minimum absolute atomic E-state index is 0.0885. The third-order valence-corrected chi connectivity index (χ3v) is 6.39. The fourth-order valence-electron chi connectivity index (χ4n) is 3.09. The zero-order valence-electron chi connectivity index (χ0n) is 14.6. The monoisotopic (exact) mass is 405 g/mol. The topological polar surface area (TPSA) is 36.4 Å². The van der Waals surface area contributed by atoms with Gasteiger partial charge in [-0.05, 0) is 36.6 Å². The summed E-state index contributed by atoms with van der Waals surface area (Å²) in [7, 11) is 0. The Hall–Kier alpha value is -2.19. The van der Waals surface area contributed by atoms with Gasteiger partial charge in [-0.3, -0.25) is 4.79 Å². The van der Waals surface area contributed by atoms with Crippen LogP contribution in [0.5, 0.6) is 0 Å². The number of thiazole rings is 1. The number of rotatable bonds is 3. The van der Waals surface area contributed by atoms with Crippen LogP contribution in [0.15, 0.2) is 41.3 Å². The molecule has 140 valence electrons. The van der Waals surface area contributed by atoms with Gasteiger partial charge in [0.25, 0.3) is 5.91 Å². The molecular formula is C19H17F2N3OS2. The highest BCUT2D eigenvalue weighted by Gasteiger charge is 2.25. The first-order valence-corrected chi connectivity index (χ1v) is 10.5. The van der Waals surface area contributed by atoms with E-state index in [1.807, 2.05) is 12.3 Å². The molecule has 2 heterocycles. The third kappa shape index (κ3) is 3.64. The lowest BCUT2D eigenvalue weighted by Gasteiger charge is -2.34. The summed E-state index contributed by atoms with van der Waals surface area (Å²) in [6, 6.07) is 9.28. The standard InChI is InChI=1S/C19H17F2N3OS2/c1-26-13-3-5-16-17(11-13)27-19(22-16)24-8-6-23(7-9-24)18(25)14-4-2-12(20)10-15(14)21/h2-5,10-11H,6-9H2,1H3.